The van der Waals surface area contributed by atoms with Crippen LogP contribution in [-0.2, 0) is 0 Å². The van der Waals surface area contributed by atoms with Gasteiger partial charge in [0.15, 0.2) is 0 Å². The van der Waals surface area contributed by atoms with E-state index >= 15 is 0 Å². The summed E-state index contributed by atoms with van der Waals surface area (Å²) in [6.07, 6.45) is 0. The summed E-state index contributed by atoms with van der Waals surface area (Å²) >= 11 is 0. The molecule has 0 spiro atoms. The first-order valence-electron chi connectivity index (χ1n) is 15.5. The Morgan fingerprint density at radius 2 is 0.783 bits per heavy atom. The van der Waals surface area contributed by atoms with E-state index in [4.69, 9.17) is 0 Å². The van der Waals surface area contributed by atoms with Crippen LogP contribution in [0.4, 0.5) is 0 Å². The molecule has 7 aromatic carbocycles. The fourth-order valence-electron chi connectivity index (χ4n) is 7.12. The summed E-state index contributed by atoms with van der Waals surface area (Å²) in [6, 6.07) is 60.1. The first kappa shape index (κ1) is 26.1. The molecule has 9 aromatic rings. The van der Waals surface area contributed by atoms with E-state index in [0.717, 1.165) is 39.1 Å². The minimum absolute atomic E-state index is 0.643. The predicted molar refractivity (Wildman–Crippen MR) is 191 cm³/mol. The summed E-state index contributed by atoms with van der Waals surface area (Å²) in [5, 5.41) is 15.2. The van der Waals surface area contributed by atoms with E-state index in [2.05, 4.69) is 173 Å². The van der Waals surface area contributed by atoms with Gasteiger partial charge < -0.3 is 9.13 Å². The van der Waals surface area contributed by atoms with Crippen molar-refractivity contribution < 1.29 is 0 Å². The Hall–Kier alpha value is -6.37. The number of fused-ring (bicyclic) bond motifs is 6. The zero-order chi connectivity index (χ0) is 30.6. The van der Waals surface area contributed by atoms with Crippen molar-refractivity contribution in [3.63, 3.8) is 0 Å². The highest BCUT2D eigenvalue weighted by molar-refractivity contribution is 6.10. The molecule has 2 heterocycles. The maximum Gasteiger partial charge on any atom is 0.101 e. The molecule has 46 heavy (non-hydrogen) atoms. The van der Waals surface area contributed by atoms with Gasteiger partial charge in [0.25, 0.3) is 0 Å². The Morgan fingerprint density at radius 3 is 1.30 bits per heavy atom. The van der Waals surface area contributed by atoms with Gasteiger partial charge in [0.2, 0.25) is 0 Å². The zero-order valence-corrected chi connectivity index (χ0v) is 24.9. The summed E-state index contributed by atoms with van der Waals surface area (Å²) in [6.45, 7) is 0. The van der Waals surface area contributed by atoms with Crippen molar-refractivity contribution in [2.24, 2.45) is 0 Å². The van der Waals surface area contributed by atoms with Crippen molar-refractivity contribution in [1.29, 1.82) is 5.26 Å². The van der Waals surface area contributed by atoms with Crippen LogP contribution >= 0.6 is 0 Å². The fraction of sp³-hybridized carbons (Fsp3) is 0. The first-order chi connectivity index (χ1) is 22.8. The fourth-order valence-corrected chi connectivity index (χ4v) is 7.12. The molecule has 0 N–H and O–H groups in total. The third-order valence-electron chi connectivity index (χ3n) is 9.19. The molecule has 0 unspecified atom stereocenters. The summed E-state index contributed by atoms with van der Waals surface area (Å²) in [5.41, 5.74) is 11.7. The molecule has 0 aliphatic carbocycles. The van der Waals surface area contributed by atoms with Crippen molar-refractivity contribution >= 4 is 43.6 Å². The number of hydrogen-bond acceptors (Lipinski definition) is 1. The molecule has 2 aromatic heterocycles. The third kappa shape index (κ3) is 3.91. The second kappa shape index (κ2) is 10.4. The molecule has 3 nitrogen and oxygen atoms in total. The number of aromatic nitrogens is 2. The van der Waals surface area contributed by atoms with Gasteiger partial charge in [-0.3, -0.25) is 0 Å². The molecular formula is C43H27N3. The summed E-state index contributed by atoms with van der Waals surface area (Å²) in [7, 11) is 0. The molecule has 0 saturated carbocycles. The maximum atomic E-state index is 10.3. The van der Waals surface area contributed by atoms with Gasteiger partial charge in [-0.25, -0.2) is 0 Å². The molecule has 0 aliphatic heterocycles. The average molecular weight is 586 g/mol. The molecule has 0 amide bonds. The standard InChI is InChI=1S/C43H27N3/c44-28-32-27-31(25-26-38(32)45-40-17-7-2-12-34(40)35-13-3-8-18-41(35)45)29-21-23-30(24-22-29)33-11-1-6-16-39(33)46-42-19-9-4-14-36(42)37-15-5-10-20-43(37)46/h1-27H. The summed E-state index contributed by atoms with van der Waals surface area (Å²) in [5.74, 6) is 0. The third-order valence-corrected chi connectivity index (χ3v) is 9.19. The first-order valence-corrected chi connectivity index (χ1v) is 15.5. The molecule has 214 valence electrons. The van der Waals surface area contributed by atoms with Gasteiger partial charge >= 0.3 is 0 Å². The quantitative estimate of drug-likeness (QED) is 0.202. The predicted octanol–water partition coefficient (Wildman–Crippen LogP) is 11.1. The topological polar surface area (TPSA) is 33.6 Å². The van der Waals surface area contributed by atoms with Crippen LogP contribution in [0.2, 0.25) is 0 Å². The normalized spacial score (nSPS) is 11.5. The van der Waals surface area contributed by atoms with Gasteiger partial charge in [-0.2, -0.15) is 5.26 Å². The van der Waals surface area contributed by atoms with E-state index < -0.39 is 0 Å². The van der Waals surface area contributed by atoms with Gasteiger partial charge in [-0.05, 0) is 59.2 Å². The zero-order valence-electron chi connectivity index (χ0n) is 24.9. The van der Waals surface area contributed by atoms with Gasteiger partial charge in [0.05, 0.1) is 39.0 Å². The van der Waals surface area contributed by atoms with Crippen molar-refractivity contribution in [1.82, 2.24) is 9.13 Å². The summed E-state index contributed by atoms with van der Waals surface area (Å²) < 4.78 is 4.59. The Balaban J connectivity index is 1.13. The second-order valence-electron chi connectivity index (χ2n) is 11.7. The van der Waals surface area contributed by atoms with Crippen molar-refractivity contribution in [3.8, 4) is 39.7 Å². The maximum absolute atomic E-state index is 10.3. The van der Waals surface area contributed by atoms with Crippen LogP contribution in [0.5, 0.6) is 0 Å². The van der Waals surface area contributed by atoms with Gasteiger partial charge in [-0.1, -0.05) is 121 Å². The molecule has 0 saturated heterocycles. The largest absolute Gasteiger partial charge is 0.309 e. The van der Waals surface area contributed by atoms with Crippen molar-refractivity contribution in [2.75, 3.05) is 0 Å². The van der Waals surface area contributed by atoms with Crippen molar-refractivity contribution in [3.05, 3.63) is 169 Å². The molecular weight excluding hydrogens is 558 g/mol. The monoisotopic (exact) mass is 585 g/mol. The molecule has 0 radical (unpaired) electrons. The number of para-hydroxylation sites is 5. The Labute approximate surface area is 266 Å². The van der Waals surface area contributed by atoms with E-state index in [1.54, 1.807) is 0 Å². The Kier molecular flexibility index (Phi) is 5.88. The number of rotatable bonds is 4. The molecule has 0 fully saturated rings. The minimum atomic E-state index is 0.643. The van der Waals surface area contributed by atoms with Gasteiger partial charge in [-0.15, -0.1) is 0 Å². The number of nitrogens with zero attached hydrogens (tertiary/aromatic N) is 3. The number of benzene rings is 7. The SMILES string of the molecule is N#Cc1cc(-c2ccc(-c3ccccc3-n3c4ccccc4c4ccccc43)cc2)ccc1-n1c2ccccc2c2ccccc21. The van der Waals surface area contributed by atoms with Crippen LogP contribution in [0.1, 0.15) is 5.56 Å². The van der Waals surface area contributed by atoms with Crippen LogP contribution in [0.25, 0.3) is 77.2 Å². The smallest absolute Gasteiger partial charge is 0.101 e. The van der Waals surface area contributed by atoms with E-state index in [0.29, 0.717) is 5.56 Å². The lowest BCUT2D eigenvalue weighted by Crippen LogP contribution is -1.98. The van der Waals surface area contributed by atoms with E-state index in [9.17, 15) is 5.26 Å². The van der Waals surface area contributed by atoms with Gasteiger partial charge in [0.1, 0.15) is 6.07 Å². The molecule has 0 aliphatic rings. The van der Waals surface area contributed by atoms with E-state index in [-0.39, 0.29) is 0 Å². The highest BCUT2D eigenvalue weighted by Crippen LogP contribution is 2.38. The second-order valence-corrected chi connectivity index (χ2v) is 11.7. The minimum Gasteiger partial charge on any atom is -0.309 e. The van der Waals surface area contributed by atoms with Crippen LogP contribution in [0.15, 0.2) is 164 Å². The molecule has 3 heteroatoms. The average Bonchev–Trinajstić information content (AvgIpc) is 3.64. The van der Waals surface area contributed by atoms with Crippen LogP contribution in [0.3, 0.4) is 0 Å². The lowest BCUT2D eigenvalue weighted by atomic mass is 9.97. The Morgan fingerprint density at radius 1 is 0.370 bits per heavy atom. The van der Waals surface area contributed by atoms with Gasteiger partial charge in [0, 0.05) is 27.1 Å². The highest BCUT2D eigenvalue weighted by Gasteiger charge is 2.17. The highest BCUT2D eigenvalue weighted by atomic mass is 15.0. The molecule has 0 atom stereocenters. The van der Waals surface area contributed by atoms with Crippen LogP contribution in [0, 0.1) is 11.3 Å². The van der Waals surface area contributed by atoms with Crippen LogP contribution in [-0.4, -0.2) is 9.13 Å². The van der Waals surface area contributed by atoms with Crippen LogP contribution < -0.4 is 0 Å². The molecule has 0 bridgehead atoms. The van der Waals surface area contributed by atoms with Crippen molar-refractivity contribution in [2.45, 2.75) is 0 Å². The number of hydrogen-bond donors (Lipinski definition) is 0. The Bertz CT molecular complexity index is 2540. The van der Waals surface area contributed by atoms with E-state index in [1.807, 2.05) is 6.07 Å². The number of nitriles is 1. The lowest BCUT2D eigenvalue weighted by molar-refractivity contribution is 1.17. The molecule has 9 rings (SSSR count). The van der Waals surface area contributed by atoms with E-state index in [1.165, 1.54) is 38.1 Å². The lowest BCUT2D eigenvalue weighted by Gasteiger charge is -2.15. The summed E-state index contributed by atoms with van der Waals surface area (Å²) in [4.78, 5) is 0.